The van der Waals surface area contributed by atoms with E-state index < -0.39 is 23.8 Å². The van der Waals surface area contributed by atoms with Crippen LogP contribution >= 0.6 is 0 Å². The first-order valence-corrected chi connectivity index (χ1v) is 7.13. The summed E-state index contributed by atoms with van der Waals surface area (Å²) in [5.41, 5.74) is -0.682. The largest absolute Gasteiger partial charge is 0.573 e. The van der Waals surface area contributed by atoms with Crippen molar-refractivity contribution in [3.8, 4) is 5.75 Å². The molecule has 134 valence electrons. The molecule has 0 spiro atoms. The Morgan fingerprint density at radius 2 is 1.88 bits per heavy atom. The van der Waals surface area contributed by atoms with E-state index in [1.165, 1.54) is 12.1 Å². The summed E-state index contributed by atoms with van der Waals surface area (Å²) in [6.07, 6.45) is -5.82. The maximum atomic E-state index is 12.6. The summed E-state index contributed by atoms with van der Waals surface area (Å²) in [4.78, 5) is 11.8. The van der Waals surface area contributed by atoms with Crippen molar-refractivity contribution >= 4 is 17.5 Å². The molecule has 1 rings (SSSR count). The van der Waals surface area contributed by atoms with E-state index in [9.17, 15) is 18.0 Å². The maximum absolute atomic E-state index is 12.6. The Morgan fingerprint density at radius 1 is 1.25 bits per heavy atom. The number of amides is 1. The van der Waals surface area contributed by atoms with E-state index in [2.05, 4.69) is 16.6 Å². The van der Waals surface area contributed by atoms with Crippen LogP contribution in [0.3, 0.4) is 0 Å². The van der Waals surface area contributed by atoms with Gasteiger partial charge in [-0.25, -0.2) is 4.79 Å². The number of rotatable bonds is 5. The number of nitrogens with one attached hydrogen (secondary N) is 1. The van der Waals surface area contributed by atoms with Crippen molar-refractivity contribution in [2.24, 2.45) is 0 Å². The van der Waals surface area contributed by atoms with E-state index in [1.807, 2.05) is 0 Å². The average Bonchev–Trinajstić information content (AvgIpc) is 2.37. The highest BCUT2D eigenvalue weighted by atomic mass is 19.4. The molecule has 0 heterocycles. The molecule has 0 radical (unpaired) electrons. The number of anilines is 1. The number of hydrogen-bond acceptors (Lipinski definition) is 4. The number of alkyl halides is 3. The van der Waals surface area contributed by atoms with Crippen LogP contribution in [0.1, 0.15) is 33.3 Å². The van der Waals surface area contributed by atoms with E-state index in [-0.39, 0.29) is 11.4 Å². The fourth-order valence-corrected chi connectivity index (χ4v) is 1.68. The normalized spacial score (nSPS) is 11.6. The molecule has 0 aliphatic heterocycles. The van der Waals surface area contributed by atoms with Crippen molar-refractivity contribution in [1.29, 1.82) is 0 Å². The molecule has 0 aromatic heterocycles. The molecule has 1 aromatic carbocycles. The van der Waals surface area contributed by atoms with Gasteiger partial charge in [-0.15, -0.1) is 13.2 Å². The Hall–Kier alpha value is -2.38. The van der Waals surface area contributed by atoms with Gasteiger partial charge in [-0.1, -0.05) is 6.58 Å². The molecule has 0 fully saturated rings. The van der Waals surface area contributed by atoms with E-state index in [0.717, 1.165) is 6.07 Å². The summed E-state index contributed by atoms with van der Waals surface area (Å²) in [6.45, 7) is 10.6. The molecular weight excluding hydrogens is 327 g/mol. The van der Waals surface area contributed by atoms with E-state index in [0.29, 0.717) is 12.2 Å². The quantitative estimate of drug-likeness (QED) is 0.767. The zero-order valence-corrected chi connectivity index (χ0v) is 13.9. The van der Waals surface area contributed by atoms with Crippen LogP contribution < -0.4 is 10.1 Å². The second-order valence-corrected chi connectivity index (χ2v) is 5.74. The third kappa shape index (κ3) is 6.80. The first kappa shape index (κ1) is 19.7. The molecule has 0 bridgehead atoms. The monoisotopic (exact) mass is 347 g/mol. The number of benzene rings is 1. The smallest absolute Gasteiger partial charge is 0.494 e. The lowest BCUT2D eigenvalue weighted by atomic mass is 10.1. The molecule has 0 atom stereocenters. The van der Waals surface area contributed by atoms with Crippen molar-refractivity contribution in [1.82, 2.24) is 0 Å². The summed E-state index contributed by atoms with van der Waals surface area (Å²) in [6, 6.07) is 3.79. The van der Waals surface area contributed by atoms with Crippen LogP contribution in [0, 0.1) is 0 Å². The Kier molecular flexibility index (Phi) is 6.11. The van der Waals surface area contributed by atoms with Crippen molar-refractivity contribution in [3.63, 3.8) is 0 Å². The van der Waals surface area contributed by atoms with Gasteiger partial charge in [0.1, 0.15) is 11.4 Å². The fraction of sp³-hybridized carbons (Fsp3) is 0.438. The van der Waals surface area contributed by atoms with Crippen molar-refractivity contribution < 1.29 is 32.2 Å². The summed E-state index contributed by atoms with van der Waals surface area (Å²) < 4.78 is 51.9. The van der Waals surface area contributed by atoms with Crippen LogP contribution in [0.5, 0.6) is 5.75 Å². The van der Waals surface area contributed by atoms with Crippen LogP contribution in [0.15, 0.2) is 24.8 Å². The lowest BCUT2D eigenvalue weighted by molar-refractivity contribution is -0.274. The number of halogens is 3. The third-order valence-corrected chi connectivity index (χ3v) is 2.48. The Bertz CT molecular complexity index is 606. The van der Waals surface area contributed by atoms with Gasteiger partial charge >= 0.3 is 12.5 Å². The Balaban J connectivity index is 3.09. The van der Waals surface area contributed by atoms with Crippen LogP contribution in [-0.2, 0) is 9.47 Å². The van der Waals surface area contributed by atoms with Crippen molar-refractivity contribution in [2.75, 3.05) is 11.9 Å². The molecule has 1 amide bonds. The highest BCUT2D eigenvalue weighted by Gasteiger charge is 2.33. The van der Waals surface area contributed by atoms with Gasteiger partial charge < -0.3 is 14.2 Å². The average molecular weight is 347 g/mol. The van der Waals surface area contributed by atoms with Gasteiger partial charge in [0.25, 0.3) is 0 Å². The molecule has 0 saturated carbocycles. The highest BCUT2D eigenvalue weighted by molar-refractivity contribution is 5.87. The molecule has 1 aromatic rings. The van der Waals surface area contributed by atoms with Crippen molar-refractivity contribution in [2.45, 2.75) is 39.7 Å². The third-order valence-electron chi connectivity index (χ3n) is 2.48. The van der Waals surface area contributed by atoms with E-state index >= 15 is 0 Å². The van der Waals surface area contributed by atoms with Gasteiger partial charge in [-0.2, -0.15) is 0 Å². The topological polar surface area (TPSA) is 56.8 Å². The highest BCUT2D eigenvalue weighted by Crippen LogP contribution is 2.33. The molecule has 0 aliphatic carbocycles. The standard InChI is InChI=1S/C16H20F3NO4/c1-6-22-10(2)11-7-8-12(13(9-11)23-16(17,18)19)20-14(21)24-15(3,4)5/h7-9H,2,6H2,1,3-5H3,(H,20,21). The van der Waals surface area contributed by atoms with Gasteiger partial charge in [0.2, 0.25) is 0 Å². The van der Waals surface area contributed by atoms with Crippen LogP contribution in [0.2, 0.25) is 0 Å². The predicted octanol–water partition coefficient (Wildman–Crippen LogP) is 4.94. The Morgan fingerprint density at radius 3 is 2.38 bits per heavy atom. The second-order valence-electron chi connectivity index (χ2n) is 5.74. The summed E-state index contributed by atoms with van der Waals surface area (Å²) in [5, 5.41) is 2.23. The SMILES string of the molecule is C=C(OCC)c1ccc(NC(=O)OC(C)(C)C)c(OC(F)(F)F)c1. The van der Waals surface area contributed by atoms with Crippen molar-refractivity contribution in [3.05, 3.63) is 30.3 Å². The number of carbonyl (C=O) groups excluding carboxylic acids is 1. The van der Waals surface area contributed by atoms with Crippen LogP contribution in [0.25, 0.3) is 5.76 Å². The zero-order chi connectivity index (χ0) is 18.5. The minimum atomic E-state index is -4.92. The lowest BCUT2D eigenvalue weighted by Crippen LogP contribution is -2.27. The van der Waals surface area contributed by atoms with E-state index in [4.69, 9.17) is 9.47 Å². The number of hydrogen-bond donors (Lipinski definition) is 1. The first-order valence-electron chi connectivity index (χ1n) is 7.13. The van der Waals surface area contributed by atoms with Gasteiger partial charge in [0.15, 0.2) is 5.75 Å². The number of carbonyl (C=O) groups is 1. The maximum Gasteiger partial charge on any atom is 0.573 e. The van der Waals surface area contributed by atoms with Gasteiger partial charge in [-0.05, 0) is 45.9 Å². The number of ether oxygens (including phenoxy) is 3. The van der Waals surface area contributed by atoms with Crippen LogP contribution in [0.4, 0.5) is 23.7 Å². The molecular formula is C16H20F3NO4. The minimum absolute atomic E-state index is 0.186. The van der Waals surface area contributed by atoms with Gasteiger partial charge in [0.05, 0.1) is 12.3 Å². The predicted molar refractivity (Wildman–Crippen MR) is 83.6 cm³/mol. The fourth-order valence-electron chi connectivity index (χ4n) is 1.68. The molecule has 5 nitrogen and oxygen atoms in total. The molecule has 8 heteroatoms. The summed E-state index contributed by atoms with van der Waals surface area (Å²) in [7, 11) is 0. The van der Waals surface area contributed by atoms with Crippen LogP contribution in [-0.4, -0.2) is 24.7 Å². The molecule has 1 N–H and O–H groups in total. The molecule has 0 saturated heterocycles. The lowest BCUT2D eigenvalue weighted by Gasteiger charge is -2.21. The Labute approximate surface area is 138 Å². The minimum Gasteiger partial charge on any atom is -0.494 e. The second kappa shape index (κ2) is 7.46. The molecule has 0 aliphatic rings. The summed E-state index contributed by atoms with van der Waals surface area (Å²) in [5.74, 6) is -0.403. The first-order chi connectivity index (χ1) is 10.9. The zero-order valence-electron chi connectivity index (χ0n) is 13.9. The summed E-state index contributed by atoms with van der Waals surface area (Å²) >= 11 is 0. The van der Waals surface area contributed by atoms with E-state index in [1.54, 1.807) is 27.7 Å². The molecule has 24 heavy (non-hydrogen) atoms. The van der Waals surface area contributed by atoms with Gasteiger partial charge in [0, 0.05) is 5.56 Å². The van der Waals surface area contributed by atoms with Gasteiger partial charge in [-0.3, -0.25) is 5.32 Å². The molecule has 0 unspecified atom stereocenters.